The van der Waals surface area contributed by atoms with Crippen molar-refractivity contribution in [2.45, 2.75) is 39.0 Å². The summed E-state index contributed by atoms with van der Waals surface area (Å²) < 4.78 is 3.61. The maximum atomic E-state index is 12.3. The molecule has 0 aromatic carbocycles. The number of rotatable bonds is 2. The minimum Gasteiger partial charge on any atom is -0.325 e. The molecule has 0 saturated carbocycles. The molecule has 0 radical (unpaired) electrons. The fraction of sp³-hybridized carbons (Fsp3) is 0.364. The number of allylic oxidation sites excluding steroid dienone is 1. The lowest BCUT2D eigenvalue weighted by Gasteiger charge is -2.37. The number of anilines is 2. The quantitative estimate of drug-likeness (QED) is 0.681. The summed E-state index contributed by atoms with van der Waals surface area (Å²) in [7, 11) is 0. The molecule has 3 aliphatic rings. The molecule has 1 unspecified atom stereocenters. The Hall–Kier alpha value is -3.46. The van der Waals surface area contributed by atoms with E-state index in [0.29, 0.717) is 5.82 Å². The fourth-order valence-corrected chi connectivity index (χ4v) is 4.78. The predicted octanol–water partition coefficient (Wildman–Crippen LogP) is 1.72. The standard InChI is InChI=1S/C22H24N8O/c1-15-11-19(26-30-21(31)4-6-23-22(15)30)27-10-5-18-16(14-27)12-17(13-24-18)28-8-2-9-29-20(28)3-7-25-29/h3-4,6-7,11-13,19,26H,2,5,8-10,14H2,1H3. The normalized spacial score (nSPS) is 20.4. The van der Waals surface area contributed by atoms with E-state index in [4.69, 9.17) is 4.98 Å². The third-order valence-electron chi connectivity index (χ3n) is 6.35. The molecule has 6 heterocycles. The number of nitrogens with zero attached hydrogens (tertiary/aromatic N) is 7. The molecule has 0 fully saturated rings. The SMILES string of the molecule is CC1=CC(N2CCc3ncc(N4CCCn5nccc54)cc3C2)Nn2c1nccc2=O. The van der Waals surface area contributed by atoms with E-state index in [2.05, 4.69) is 48.2 Å². The van der Waals surface area contributed by atoms with E-state index in [9.17, 15) is 4.79 Å². The fourth-order valence-electron chi connectivity index (χ4n) is 4.78. The molecular weight excluding hydrogens is 392 g/mol. The number of aromatic nitrogens is 5. The summed E-state index contributed by atoms with van der Waals surface area (Å²) in [5.74, 6) is 1.79. The van der Waals surface area contributed by atoms with Crippen LogP contribution in [-0.2, 0) is 19.5 Å². The average molecular weight is 416 g/mol. The van der Waals surface area contributed by atoms with Gasteiger partial charge in [-0.25, -0.2) is 14.3 Å². The van der Waals surface area contributed by atoms with Crippen molar-refractivity contribution in [1.29, 1.82) is 0 Å². The van der Waals surface area contributed by atoms with Gasteiger partial charge in [0.15, 0.2) is 5.82 Å². The largest absolute Gasteiger partial charge is 0.325 e. The summed E-state index contributed by atoms with van der Waals surface area (Å²) in [5, 5.41) is 4.42. The Morgan fingerprint density at radius 1 is 1.13 bits per heavy atom. The van der Waals surface area contributed by atoms with E-state index in [-0.39, 0.29) is 11.7 Å². The van der Waals surface area contributed by atoms with Crippen LogP contribution in [0.2, 0.25) is 0 Å². The molecule has 6 rings (SSSR count). The molecular formula is C22H24N8O. The molecule has 9 heteroatoms. The van der Waals surface area contributed by atoms with Gasteiger partial charge < -0.3 is 10.3 Å². The number of aryl methyl sites for hydroxylation is 1. The van der Waals surface area contributed by atoms with Gasteiger partial charge in [-0.3, -0.25) is 14.7 Å². The first kappa shape index (κ1) is 18.3. The molecule has 0 bridgehead atoms. The Kier molecular flexibility index (Phi) is 4.17. The van der Waals surface area contributed by atoms with Gasteiger partial charge in [0.05, 0.1) is 18.1 Å². The van der Waals surface area contributed by atoms with Crippen LogP contribution in [0.15, 0.2) is 47.7 Å². The van der Waals surface area contributed by atoms with Gasteiger partial charge in [0.1, 0.15) is 12.0 Å². The van der Waals surface area contributed by atoms with Crippen molar-refractivity contribution in [3.63, 3.8) is 0 Å². The molecule has 3 aromatic heterocycles. The van der Waals surface area contributed by atoms with Crippen LogP contribution in [0.3, 0.4) is 0 Å². The highest BCUT2D eigenvalue weighted by Crippen LogP contribution is 2.31. The van der Waals surface area contributed by atoms with Crippen molar-refractivity contribution in [1.82, 2.24) is 29.3 Å². The van der Waals surface area contributed by atoms with Crippen LogP contribution in [0, 0.1) is 0 Å². The van der Waals surface area contributed by atoms with Crippen molar-refractivity contribution in [2.75, 3.05) is 23.4 Å². The van der Waals surface area contributed by atoms with Crippen molar-refractivity contribution >= 4 is 17.1 Å². The van der Waals surface area contributed by atoms with E-state index in [1.165, 1.54) is 11.6 Å². The minimum atomic E-state index is -0.0921. The lowest BCUT2D eigenvalue weighted by Crippen LogP contribution is -2.50. The molecule has 3 aliphatic heterocycles. The second kappa shape index (κ2) is 7.05. The van der Waals surface area contributed by atoms with Crippen LogP contribution in [0.1, 0.15) is 30.4 Å². The molecule has 0 saturated heterocycles. The highest BCUT2D eigenvalue weighted by atomic mass is 16.1. The smallest absolute Gasteiger partial charge is 0.272 e. The monoisotopic (exact) mass is 416 g/mol. The Balaban J connectivity index is 1.29. The zero-order valence-corrected chi connectivity index (χ0v) is 17.4. The molecule has 158 valence electrons. The highest BCUT2D eigenvalue weighted by molar-refractivity contribution is 5.62. The lowest BCUT2D eigenvalue weighted by atomic mass is 10.0. The van der Waals surface area contributed by atoms with E-state index in [1.54, 1.807) is 10.9 Å². The van der Waals surface area contributed by atoms with Crippen molar-refractivity contribution < 1.29 is 0 Å². The summed E-state index contributed by atoms with van der Waals surface area (Å²) in [6.07, 6.45) is 9.43. The topological polar surface area (TPSA) is 84.1 Å². The summed E-state index contributed by atoms with van der Waals surface area (Å²) in [4.78, 5) is 26.1. The van der Waals surface area contributed by atoms with Gasteiger partial charge >= 0.3 is 0 Å². The Bertz CT molecular complexity index is 1240. The summed E-state index contributed by atoms with van der Waals surface area (Å²) >= 11 is 0. The van der Waals surface area contributed by atoms with Crippen LogP contribution in [0.5, 0.6) is 0 Å². The van der Waals surface area contributed by atoms with E-state index in [1.807, 2.05) is 19.3 Å². The Labute approximate surface area is 179 Å². The van der Waals surface area contributed by atoms with Crippen LogP contribution in [-0.4, -0.2) is 48.6 Å². The zero-order valence-electron chi connectivity index (χ0n) is 17.4. The van der Waals surface area contributed by atoms with Gasteiger partial charge in [0.25, 0.3) is 5.56 Å². The van der Waals surface area contributed by atoms with Crippen LogP contribution in [0.25, 0.3) is 5.57 Å². The molecule has 1 atom stereocenters. The molecule has 1 N–H and O–H groups in total. The van der Waals surface area contributed by atoms with Gasteiger partial charge in [-0.1, -0.05) is 0 Å². The number of fused-ring (bicyclic) bond motifs is 3. The van der Waals surface area contributed by atoms with Gasteiger partial charge in [0.2, 0.25) is 0 Å². The van der Waals surface area contributed by atoms with Gasteiger partial charge in [-0.05, 0) is 36.6 Å². The van der Waals surface area contributed by atoms with Crippen molar-refractivity contribution in [3.8, 4) is 0 Å². The van der Waals surface area contributed by atoms with Crippen LogP contribution < -0.4 is 15.9 Å². The second-order valence-corrected chi connectivity index (χ2v) is 8.30. The molecule has 31 heavy (non-hydrogen) atoms. The molecule has 0 spiro atoms. The molecule has 0 aliphatic carbocycles. The molecule has 3 aromatic rings. The van der Waals surface area contributed by atoms with Crippen LogP contribution in [0.4, 0.5) is 11.5 Å². The third-order valence-corrected chi connectivity index (χ3v) is 6.35. The first-order valence-corrected chi connectivity index (χ1v) is 10.7. The minimum absolute atomic E-state index is 0.0670. The Morgan fingerprint density at radius 2 is 2.06 bits per heavy atom. The lowest BCUT2D eigenvalue weighted by molar-refractivity contribution is 0.212. The van der Waals surface area contributed by atoms with Gasteiger partial charge in [-0.15, -0.1) is 0 Å². The third kappa shape index (κ3) is 3.04. The van der Waals surface area contributed by atoms with Gasteiger partial charge in [-0.2, -0.15) is 5.10 Å². The predicted molar refractivity (Wildman–Crippen MR) is 117 cm³/mol. The first-order valence-electron chi connectivity index (χ1n) is 10.7. The van der Waals surface area contributed by atoms with E-state index >= 15 is 0 Å². The highest BCUT2D eigenvalue weighted by Gasteiger charge is 2.28. The maximum absolute atomic E-state index is 12.3. The average Bonchev–Trinajstić information content (AvgIpc) is 3.28. The number of hydrogen-bond acceptors (Lipinski definition) is 7. The number of nitrogens with one attached hydrogen (secondary N) is 1. The second-order valence-electron chi connectivity index (χ2n) is 8.30. The maximum Gasteiger partial charge on any atom is 0.272 e. The van der Waals surface area contributed by atoms with Crippen molar-refractivity contribution in [2.24, 2.45) is 0 Å². The Morgan fingerprint density at radius 3 is 3.00 bits per heavy atom. The number of pyridine rings is 1. The summed E-state index contributed by atoms with van der Waals surface area (Å²) in [5.41, 5.74) is 7.74. The molecule has 0 amide bonds. The zero-order chi connectivity index (χ0) is 20.9. The first-order chi connectivity index (χ1) is 15.2. The van der Waals surface area contributed by atoms with Gasteiger partial charge in [0, 0.05) is 56.6 Å². The summed E-state index contributed by atoms with van der Waals surface area (Å²) in [6, 6.07) is 5.81. The van der Waals surface area contributed by atoms with E-state index in [0.717, 1.165) is 61.8 Å². The van der Waals surface area contributed by atoms with Crippen LogP contribution >= 0.6 is 0 Å². The molecule has 9 nitrogen and oxygen atoms in total. The number of hydrogen-bond donors (Lipinski definition) is 1. The van der Waals surface area contributed by atoms with Crippen molar-refractivity contribution in [3.05, 3.63) is 70.3 Å². The summed E-state index contributed by atoms with van der Waals surface area (Å²) in [6.45, 7) is 5.58. The van der Waals surface area contributed by atoms with E-state index < -0.39 is 0 Å².